The highest BCUT2D eigenvalue weighted by Gasteiger charge is 2.60. The van der Waals surface area contributed by atoms with Crippen molar-refractivity contribution >= 4 is 5.91 Å². The van der Waals surface area contributed by atoms with Gasteiger partial charge in [-0.1, -0.05) is 35.9 Å². The van der Waals surface area contributed by atoms with Gasteiger partial charge in [0, 0.05) is 25.4 Å². The molecule has 1 heterocycles. The summed E-state index contributed by atoms with van der Waals surface area (Å²) in [4.78, 5) is 18.0. The zero-order chi connectivity index (χ0) is 22.2. The van der Waals surface area contributed by atoms with Crippen LogP contribution in [0.1, 0.15) is 55.2 Å². The summed E-state index contributed by atoms with van der Waals surface area (Å²) in [6, 6.07) is 13.0. The average Bonchev–Trinajstić information content (AvgIpc) is 2.78. The van der Waals surface area contributed by atoms with Crippen molar-refractivity contribution in [2.24, 2.45) is 17.3 Å². The van der Waals surface area contributed by atoms with E-state index in [1.165, 1.54) is 30.4 Å². The number of pyridine rings is 1. The molecule has 4 fully saturated rings. The summed E-state index contributed by atoms with van der Waals surface area (Å²) in [5.74, 6) is 2.12. The molecule has 32 heavy (non-hydrogen) atoms. The molecule has 1 N–H and O–H groups in total. The molecule has 0 radical (unpaired) electrons. The highest BCUT2D eigenvalue weighted by molar-refractivity contribution is 5.83. The molecule has 0 saturated heterocycles. The van der Waals surface area contributed by atoms with Gasteiger partial charge >= 0.3 is 0 Å². The largest absolute Gasteiger partial charge is 0.475 e. The van der Waals surface area contributed by atoms with E-state index in [1.54, 1.807) is 13.3 Å². The Balaban J connectivity index is 1.33. The molecule has 4 saturated carbocycles. The summed E-state index contributed by atoms with van der Waals surface area (Å²) in [7, 11) is 1.65. The first-order valence-corrected chi connectivity index (χ1v) is 11.9. The molecule has 6 rings (SSSR count). The summed E-state index contributed by atoms with van der Waals surface area (Å²) in [5, 5.41) is 3.27. The molecule has 4 bridgehead atoms. The Kier molecular flexibility index (Phi) is 5.70. The van der Waals surface area contributed by atoms with E-state index in [1.807, 2.05) is 12.1 Å². The van der Waals surface area contributed by atoms with Gasteiger partial charge in [-0.25, -0.2) is 4.98 Å². The smallest absolute Gasteiger partial charge is 0.226 e. The third-order valence-corrected chi connectivity index (χ3v) is 8.02. The molecule has 4 aliphatic rings. The predicted molar refractivity (Wildman–Crippen MR) is 123 cm³/mol. The van der Waals surface area contributed by atoms with Gasteiger partial charge in [0.25, 0.3) is 0 Å². The van der Waals surface area contributed by atoms with Crippen molar-refractivity contribution in [2.45, 2.75) is 57.4 Å². The van der Waals surface area contributed by atoms with Crippen LogP contribution in [0.15, 0.2) is 42.6 Å². The molecule has 0 spiro atoms. The van der Waals surface area contributed by atoms with Crippen LogP contribution < -0.4 is 10.1 Å². The number of aryl methyl sites for hydroxylation is 1. The van der Waals surface area contributed by atoms with E-state index in [0.717, 1.165) is 24.8 Å². The van der Waals surface area contributed by atoms with E-state index in [2.05, 4.69) is 41.5 Å². The highest BCUT2D eigenvalue weighted by atomic mass is 16.5. The minimum Gasteiger partial charge on any atom is -0.475 e. The van der Waals surface area contributed by atoms with E-state index in [0.29, 0.717) is 37.5 Å². The van der Waals surface area contributed by atoms with Crippen molar-refractivity contribution in [3.63, 3.8) is 0 Å². The van der Waals surface area contributed by atoms with Crippen molar-refractivity contribution in [1.82, 2.24) is 10.3 Å². The van der Waals surface area contributed by atoms with Gasteiger partial charge in [-0.3, -0.25) is 4.79 Å². The van der Waals surface area contributed by atoms with Crippen molar-refractivity contribution in [2.75, 3.05) is 20.3 Å². The maximum atomic E-state index is 13.7. The van der Waals surface area contributed by atoms with Gasteiger partial charge in [0.15, 0.2) is 0 Å². The fraction of sp³-hybridized carbons (Fsp3) is 0.556. The van der Waals surface area contributed by atoms with Crippen LogP contribution in [0, 0.1) is 24.2 Å². The Morgan fingerprint density at radius 1 is 1.09 bits per heavy atom. The quantitative estimate of drug-likeness (QED) is 0.619. The third kappa shape index (κ3) is 3.92. The second-order valence-electron chi connectivity index (χ2n) is 10.4. The maximum absolute atomic E-state index is 13.7. The Labute approximate surface area is 190 Å². The van der Waals surface area contributed by atoms with Crippen molar-refractivity contribution < 1.29 is 14.3 Å². The number of amides is 1. The lowest BCUT2D eigenvalue weighted by molar-refractivity contribution is -0.149. The molecule has 2 unspecified atom stereocenters. The first kappa shape index (κ1) is 21.4. The van der Waals surface area contributed by atoms with Crippen LogP contribution in [0.5, 0.6) is 5.88 Å². The van der Waals surface area contributed by atoms with Crippen LogP contribution in [-0.4, -0.2) is 31.2 Å². The molecule has 1 amide bonds. The fourth-order valence-electron chi connectivity index (χ4n) is 7.05. The number of carbonyl (C=O) groups excluding carboxylic acids is 1. The topological polar surface area (TPSA) is 60.5 Å². The third-order valence-electron chi connectivity index (χ3n) is 8.02. The van der Waals surface area contributed by atoms with E-state index < -0.39 is 0 Å². The number of rotatable bonds is 8. The Bertz CT molecular complexity index is 957. The first-order valence-electron chi connectivity index (χ1n) is 11.9. The van der Waals surface area contributed by atoms with E-state index in [-0.39, 0.29) is 16.7 Å². The standard InChI is InChI=1S/C27H34N2O3/c1-19-5-7-23(8-6-19)26-13-20-12-21(14-26)16-27(15-20,18-26)25(30)29-17-22-4-3-9-28-24(22)32-11-10-31-2/h3-9,20-21H,10-18H2,1-2H3,(H,29,30). The number of benzene rings is 1. The van der Waals surface area contributed by atoms with Gasteiger partial charge in [-0.05, 0) is 74.3 Å². The van der Waals surface area contributed by atoms with Crippen LogP contribution in [-0.2, 0) is 21.5 Å². The average molecular weight is 435 g/mol. The summed E-state index contributed by atoms with van der Waals surface area (Å²) in [6.45, 7) is 3.55. The van der Waals surface area contributed by atoms with Crippen molar-refractivity contribution in [1.29, 1.82) is 0 Å². The second-order valence-corrected chi connectivity index (χ2v) is 10.4. The molecule has 4 aliphatic carbocycles. The van der Waals surface area contributed by atoms with Crippen molar-refractivity contribution in [3.05, 3.63) is 59.3 Å². The molecular weight excluding hydrogens is 400 g/mol. The minimum atomic E-state index is -0.242. The van der Waals surface area contributed by atoms with E-state index >= 15 is 0 Å². The zero-order valence-electron chi connectivity index (χ0n) is 19.2. The Hall–Kier alpha value is -2.40. The van der Waals surface area contributed by atoms with Crippen LogP contribution in [0.2, 0.25) is 0 Å². The van der Waals surface area contributed by atoms with E-state index in [9.17, 15) is 4.79 Å². The summed E-state index contributed by atoms with van der Waals surface area (Å²) >= 11 is 0. The van der Waals surface area contributed by atoms with Gasteiger partial charge in [0.2, 0.25) is 11.8 Å². The minimum absolute atomic E-state index is 0.165. The number of nitrogens with zero attached hydrogens (tertiary/aromatic N) is 1. The summed E-state index contributed by atoms with van der Waals surface area (Å²) < 4.78 is 10.8. The molecule has 2 atom stereocenters. The molecule has 1 aromatic heterocycles. The fourth-order valence-corrected chi connectivity index (χ4v) is 7.05. The maximum Gasteiger partial charge on any atom is 0.226 e. The molecule has 0 aliphatic heterocycles. The first-order chi connectivity index (χ1) is 15.5. The number of methoxy groups -OCH3 is 1. The number of carbonyl (C=O) groups is 1. The second kappa shape index (κ2) is 8.51. The lowest BCUT2D eigenvalue weighted by Gasteiger charge is -2.61. The van der Waals surface area contributed by atoms with Gasteiger partial charge < -0.3 is 14.8 Å². The van der Waals surface area contributed by atoms with E-state index in [4.69, 9.17) is 9.47 Å². The van der Waals surface area contributed by atoms with Gasteiger partial charge in [0.05, 0.1) is 12.0 Å². The lowest BCUT2D eigenvalue weighted by atomic mass is 9.42. The molecule has 1 aromatic carbocycles. The van der Waals surface area contributed by atoms with Crippen LogP contribution >= 0.6 is 0 Å². The monoisotopic (exact) mass is 434 g/mol. The van der Waals surface area contributed by atoms with Crippen molar-refractivity contribution in [3.8, 4) is 5.88 Å². The normalized spacial score (nSPS) is 30.3. The number of ether oxygens (including phenoxy) is 2. The number of hydrogen-bond acceptors (Lipinski definition) is 4. The molecule has 5 heteroatoms. The van der Waals surface area contributed by atoms with Gasteiger partial charge in [-0.15, -0.1) is 0 Å². The number of aromatic nitrogens is 1. The lowest BCUT2D eigenvalue weighted by Crippen LogP contribution is -2.59. The molecule has 5 nitrogen and oxygen atoms in total. The summed E-state index contributed by atoms with van der Waals surface area (Å²) in [5.41, 5.74) is 3.57. The molecular formula is C27H34N2O3. The van der Waals surface area contributed by atoms with Crippen LogP contribution in [0.3, 0.4) is 0 Å². The number of hydrogen-bond donors (Lipinski definition) is 1. The van der Waals surface area contributed by atoms with Crippen LogP contribution in [0.25, 0.3) is 0 Å². The SMILES string of the molecule is COCCOc1ncccc1CNC(=O)C12CC3CC(C1)CC(c1ccc(C)cc1)(C3)C2. The summed E-state index contributed by atoms with van der Waals surface area (Å²) in [6.07, 6.45) is 8.54. The van der Waals surface area contributed by atoms with Gasteiger partial charge in [-0.2, -0.15) is 0 Å². The van der Waals surface area contributed by atoms with Gasteiger partial charge in [0.1, 0.15) is 6.61 Å². The van der Waals surface area contributed by atoms with Crippen LogP contribution in [0.4, 0.5) is 0 Å². The predicted octanol–water partition coefficient (Wildman–Crippen LogP) is 4.57. The molecule has 2 aromatic rings. The number of nitrogens with one attached hydrogen (secondary N) is 1. The zero-order valence-corrected chi connectivity index (χ0v) is 19.2. The Morgan fingerprint density at radius 2 is 1.84 bits per heavy atom. The highest BCUT2D eigenvalue weighted by Crippen LogP contribution is 2.65. The Morgan fingerprint density at radius 3 is 2.56 bits per heavy atom. The molecule has 170 valence electrons.